The molecule has 1 atom stereocenters. The zero-order valence-corrected chi connectivity index (χ0v) is 15.1. The van der Waals surface area contributed by atoms with Crippen LogP contribution in [0.4, 0.5) is 5.69 Å². The van der Waals surface area contributed by atoms with Gasteiger partial charge >= 0.3 is 0 Å². The van der Waals surface area contributed by atoms with E-state index in [0.29, 0.717) is 38.2 Å². The molecule has 3 N–H and O–H groups in total. The lowest BCUT2D eigenvalue weighted by Crippen LogP contribution is -2.55. The van der Waals surface area contributed by atoms with E-state index in [1.54, 1.807) is 24.1 Å². The molecule has 1 aromatic rings. The molecule has 144 valence electrons. The van der Waals surface area contributed by atoms with E-state index in [9.17, 15) is 14.7 Å². The van der Waals surface area contributed by atoms with Crippen molar-refractivity contribution < 1.29 is 19.4 Å². The van der Waals surface area contributed by atoms with E-state index in [2.05, 4.69) is 15.7 Å². The number of anilines is 1. The highest BCUT2D eigenvalue weighted by atomic mass is 16.5. The van der Waals surface area contributed by atoms with E-state index < -0.39 is 5.60 Å². The van der Waals surface area contributed by atoms with Crippen molar-refractivity contribution >= 4 is 17.5 Å². The van der Waals surface area contributed by atoms with Crippen LogP contribution in [0.3, 0.4) is 0 Å². The summed E-state index contributed by atoms with van der Waals surface area (Å²) in [7, 11) is 1.78. The van der Waals surface area contributed by atoms with Gasteiger partial charge in [0.1, 0.15) is 5.60 Å². The van der Waals surface area contributed by atoms with Crippen LogP contribution >= 0.6 is 0 Å². The van der Waals surface area contributed by atoms with Crippen LogP contribution < -0.4 is 10.6 Å². The minimum atomic E-state index is -1.37. The summed E-state index contributed by atoms with van der Waals surface area (Å²) in [6.45, 7) is 2.39. The Labute approximate surface area is 152 Å². The Morgan fingerprint density at radius 2 is 2.19 bits per heavy atom. The molecule has 3 heterocycles. The number of aliphatic hydroxyl groups is 1. The molecule has 9 heteroatoms. The predicted octanol–water partition coefficient (Wildman–Crippen LogP) is -0.519. The molecule has 0 spiro atoms. The lowest BCUT2D eigenvalue weighted by Gasteiger charge is -2.36. The van der Waals surface area contributed by atoms with Gasteiger partial charge in [-0.15, -0.1) is 0 Å². The quantitative estimate of drug-likeness (QED) is 0.626. The maximum atomic E-state index is 12.3. The molecule has 2 saturated heterocycles. The number of carbonyl (C=O) groups is 2. The van der Waals surface area contributed by atoms with E-state index in [0.717, 1.165) is 19.4 Å². The molecule has 2 aliphatic rings. The number of hydrogen-bond donors (Lipinski definition) is 3. The number of amides is 2. The molecule has 0 aromatic carbocycles. The summed E-state index contributed by atoms with van der Waals surface area (Å²) in [5.41, 5.74) is -0.714. The lowest BCUT2D eigenvalue weighted by molar-refractivity contribution is -0.145. The van der Waals surface area contributed by atoms with Crippen molar-refractivity contribution in [3.05, 3.63) is 12.4 Å². The van der Waals surface area contributed by atoms with Gasteiger partial charge in [0.2, 0.25) is 5.91 Å². The van der Waals surface area contributed by atoms with Gasteiger partial charge in [-0.25, -0.2) is 0 Å². The Balaban J connectivity index is 1.40. The van der Waals surface area contributed by atoms with Gasteiger partial charge in [-0.05, 0) is 25.7 Å². The van der Waals surface area contributed by atoms with Crippen molar-refractivity contribution in [2.24, 2.45) is 7.05 Å². The maximum absolute atomic E-state index is 12.3. The average Bonchev–Trinajstić information content (AvgIpc) is 3.26. The normalized spacial score (nSPS) is 22.9. The fraction of sp³-hybridized carbons (Fsp3) is 0.706. The van der Waals surface area contributed by atoms with Crippen LogP contribution in [0.25, 0.3) is 0 Å². The van der Waals surface area contributed by atoms with E-state index in [1.165, 1.54) is 0 Å². The number of hydrogen-bond acceptors (Lipinski definition) is 6. The summed E-state index contributed by atoms with van der Waals surface area (Å²) in [5.74, 6) is -0.473. The number of aromatic nitrogens is 2. The van der Waals surface area contributed by atoms with Crippen molar-refractivity contribution in [3.8, 4) is 0 Å². The second kappa shape index (κ2) is 8.15. The average molecular weight is 365 g/mol. The number of ether oxygens (including phenoxy) is 1. The summed E-state index contributed by atoms with van der Waals surface area (Å²) >= 11 is 0. The van der Waals surface area contributed by atoms with E-state index in [-0.39, 0.29) is 24.5 Å². The SMILES string of the molecule is Cn1cc(NC(=O)CN2CCC(O)(C(=O)NCC3CCCO3)CC2)cn1. The molecule has 2 amide bonds. The number of piperidine rings is 1. The molecule has 1 unspecified atom stereocenters. The van der Waals surface area contributed by atoms with Gasteiger partial charge < -0.3 is 20.5 Å². The molecule has 26 heavy (non-hydrogen) atoms. The second-order valence-corrected chi connectivity index (χ2v) is 7.10. The molecule has 0 radical (unpaired) electrons. The van der Waals surface area contributed by atoms with Gasteiger partial charge in [0, 0.05) is 39.5 Å². The highest BCUT2D eigenvalue weighted by Gasteiger charge is 2.39. The van der Waals surface area contributed by atoms with E-state index >= 15 is 0 Å². The lowest BCUT2D eigenvalue weighted by atomic mass is 9.90. The topological polar surface area (TPSA) is 109 Å². The van der Waals surface area contributed by atoms with Crippen molar-refractivity contribution in [3.63, 3.8) is 0 Å². The molecule has 3 rings (SSSR count). The third kappa shape index (κ3) is 4.80. The molecular formula is C17H27N5O4. The number of aryl methyl sites for hydroxylation is 1. The number of rotatable bonds is 6. The van der Waals surface area contributed by atoms with Crippen molar-refractivity contribution in [1.29, 1.82) is 0 Å². The Morgan fingerprint density at radius 1 is 1.42 bits per heavy atom. The predicted molar refractivity (Wildman–Crippen MR) is 94.4 cm³/mol. The van der Waals surface area contributed by atoms with Crippen molar-refractivity contribution in [1.82, 2.24) is 20.0 Å². The van der Waals surface area contributed by atoms with Crippen LogP contribution in [0.5, 0.6) is 0 Å². The zero-order chi connectivity index (χ0) is 18.6. The summed E-state index contributed by atoms with van der Waals surface area (Å²) in [4.78, 5) is 26.4. The molecule has 9 nitrogen and oxygen atoms in total. The van der Waals surface area contributed by atoms with Gasteiger partial charge in [0.05, 0.1) is 24.5 Å². The monoisotopic (exact) mass is 365 g/mol. The first-order valence-electron chi connectivity index (χ1n) is 9.08. The standard InChI is InChI=1S/C17H27N5O4/c1-21-11-13(9-19-21)20-15(23)12-22-6-4-17(25,5-7-22)16(24)18-10-14-3-2-8-26-14/h9,11,14,25H,2-8,10,12H2,1H3,(H,18,24)(H,20,23). The minimum absolute atomic E-state index is 0.0545. The van der Waals surface area contributed by atoms with Crippen LogP contribution in [0, 0.1) is 0 Å². The van der Waals surface area contributed by atoms with Gasteiger partial charge in [-0.1, -0.05) is 0 Å². The minimum Gasteiger partial charge on any atom is -0.380 e. The maximum Gasteiger partial charge on any atom is 0.252 e. The van der Waals surface area contributed by atoms with Crippen LogP contribution in [-0.2, 0) is 21.4 Å². The van der Waals surface area contributed by atoms with Crippen LogP contribution in [0.15, 0.2) is 12.4 Å². The van der Waals surface area contributed by atoms with Gasteiger partial charge in [-0.2, -0.15) is 5.10 Å². The third-order valence-corrected chi connectivity index (χ3v) is 4.98. The summed E-state index contributed by atoms with van der Waals surface area (Å²) in [6, 6.07) is 0. The molecule has 2 aliphatic heterocycles. The number of nitrogens with zero attached hydrogens (tertiary/aromatic N) is 3. The number of likely N-dealkylation sites (tertiary alicyclic amines) is 1. The van der Waals surface area contributed by atoms with Gasteiger partial charge in [0.15, 0.2) is 0 Å². The molecule has 0 aliphatic carbocycles. The Bertz CT molecular complexity index is 633. The zero-order valence-electron chi connectivity index (χ0n) is 15.1. The van der Waals surface area contributed by atoms with E-state index in [1.807, 2.05) is 4.90 Å². The number of nitrogens with one attached hydrogen (secondary N) is 2. The molecule has 0 bridgehead atoms. The summed E-state index contributed by atoms with van der Waals surface area (Å²) in [5, 5.41) is 20.2. The first-order valence-corrected chi connectivity index (χ1v) is 9.08. The van der Waals surface area contributed by atoms with Crippen molar-refractivity contribution in [2.45, 2.75) is 37.4 Å². The van der Waals surface area contributed by atoms with Gasteiger partial charge in [-0.3, -0.25) is 19.2 Å². The molecular weight excluding hydrogens is 338 g/mol. The highest BCUT2D eigenvalue weighted by molar-refractivity contribution is 5.92. The van der Waals surface area contributed by atoms with Crippen LogP contribution in [-0.4, -0.2) is 76.1 Å². The van der Waals surface area contributed by atoms with Crippen LogP contribution in [0.1, 0.15) is 25.7 Å². The van der Waals surface area contributed by atoms with E-state index in [4.69, 9.17) is 4.74 Å². The third-order valence-electron chi connectivity index (χ3n) is 4.98. The first-order chi connectivity index (χ1) is 12.4. The fourth-order valence-corrected chi connectivity index (χ4v) is 3.37. The first kappa shape index (κ1) is 18.8. The molecule has 0 saturated carbocycles. The van der Waals surface area contributed by atoms with Crippen molar-refractivity contribution in [2.75, 3.05) is 38.1 Å². The van der Waals surface area contributed by atoms with Gasteiger partial charge in [0.25, 0.3) is 5.91 Å². The fourth-order valence-electron chi connectivity index (χ4n) is 3.37. The highest BCUT2D eigenvalue weighted by Crippen LogP contribution is 2.23. The Hall–Kier alpha value is -1.97. The number of carbonyl (C=O) groups excluding carboxylic acids is 2. The largest absolute Gasteiger partial charge is 0.380 e. The summed E-state index contributed by atoms with van der Waals surface area (Å²) in [6.07, 6.45) is 5.95. The second-order valence-electron chi connectivity index (χ2n) is 7.10. The Morgan fingerprint density at radius 3 is 2.81 bits per heavy atom. The van der Waals surface area contributed by atoms with Crippen LogP contribution in [0.2, 0.25) is 0 Å². The summed E-state index contributed by atoms with van der Waals surface area (Å²) < 4.78 is 7.10. The Kier molecular flexibility index (Phi) is 5.90. The molecule has 2 fully saturated rings. The smallest absolute Gasteiger partial charge is 0.252 e. The molecule has 1 aromatic heterocycles.